The van der Waals surface area contributed by atoms with E-state index in [-0.39, 0.29) is 12.4 Å². The van der Waals surface area contributed by atoms with E-state index in [0.717, 1.165) is 0 Å². The van der Waals surface area contributed by atoms with E-state index in [0.29, 0.717) is 16.7 Å². The number of nitrogens with two attached hydrogens (primary N) is 2. The predicted molar refractivity (Wildman–Crippen MR) is 143 cm³/mol. The molecule has 8 N–H and O–H groups in total. The van der Waals surface area contributed by atoms with Gasteiger partial charge in [-0.3, -0.25) is 9.59 Å². The fourth-order valence-electron chi connectivity index (χ4n) is 4.02. The number of ketones is 1. The monoisotopic (exact) mass is 544 g/mol. The van der Waals surface area contributed by atoms with E-state index in [9.17, 15) is 24.9 Å². The first-order chi connectivity index (χ1) is 17.8. The number of carbonyl (C=O) groups is 2. The lowest BCUT2D eigenvalue weighted by atomic mass is 9.83. The molecular formula is C28H33ClN2O7. The molecule has 0 aliphatic heterocycles. The van der Waals surface area contributed by atoms with Gasteiger partial charge in [-0.15, -0.1) is 12.4 Å². The van der Waals surface area contributed by atoms with Crippen LogP contribution in [0.15, 0.2) is 91.0 Å². The molecule has 0 aromatic heterocycles. The van der Waals surface area contributed by atoms with Crippen molar-refractivity contribution in [2.45, 2.75) is 42.4 Å². The van der Waals surface area contributed by atoms with Gasteiger partial charge in [0, 0.05) is 0 Å². The molecule has 0 saturated carbocycles. The summed E-state index contributed by atoms with van der Waals surface area (Å²) in [5.74, 6) is -3.33. The largest absolute Gasteiger partial charge is 0.451 e. The molecule has 0 radical (unpaired) electrons. The van der Waals surface area contributed by atoms with Crippen LogP contribution in [-0.4, -0.2) is 69.2 Å². The first-order valence-corrected chi connectivity index (χ1v) is 11.8. The van der Waals surface area contributed by atoms with Gasteiger partial charge >= 0.3 is 5.97 Å². The summed E-state index contributed by atoms with van der Waals surface area (Å²) >= 11 is 0. The van der Waals surface area contributed by atoms with Crippen LogP contribution in [0.4, 0.5) is 0 Å². The van der Waals surface area contributed by atoms with Crippen molar-refractivity contribution in [3.8, 4) is 0 Å². The Balaban J connectivity index is 0.00000507. The first kappa shape index (κ1) is 31.1. The third-order valence-electron chi connectivity index (χ3n) is 6.15. The summed E-state index contributed by atoms with van der Waals surface area (Å²) in [4.78, 5) is 26.7. The van der Waals surface area contributed by atoms with Crippen molar-refractivity contribution in [1.82, 2.24) is 0 Å². The van der Waals surface area contributed by atoms with Crippen molar-refractivity contribution in [2.75, 3.05) is 6.61 Å². The molecule has 3 aromatic rings. The maximum atomic E-state index is 13.4. The molecule has 0 amide bonds. The molecule has 1 unspecified atom stereocenters. The van der Waals surface area contributed by atoms with E-state index in [1.54, 1.807) is 78.9 Å². The highest BCUT2D eigenvalue weighted by atomic mass is 35.5. The van der Waals surface area contributed by atoms with Gasteiger partial charge in [-0.25, -0.2) is 0 Å². The number of rotatable bonds is 12. The van der Waals surface area contributed by atoms with Gasteiger partial charge in [-0.2, -0.15) is 0 Å². The van der Waals surface area contributed by atoms with E-state index in [1.165, 1.54) is 0 Å². The Hall–Kier alpha value is -3.15. The maximum Gasteiger partial charge on any atom is 0.324 e. The highest BCUT2D eigenvalue weighted by Gasteiger charge is 2.42. The van der Waals surface area contributed by atoms with Crippen LogP contribution in [0.5, 0.6) is 0 Å². The summed E-state index contributed by atoms with van der Waals surface area (Å²) in [5, 5.41) is 40.2. The minimum absolute atomic E-state index is 0. The lowest BCUT2D eigenvalue weighted by molar-refractivity contribution is -0.153. The molecule has 3 aromatic carbocycles. The number of esters is 1. The number of aliphatic hydroxyl groups excluding tert-OH is 4. The van der Waals surface area contributed by atoms with Gasteiger partial charge in [-0.1, -0.05) is 91.0 Å². The summed E-state index contributed by atoms with van der Waals surface area (Å²) in [5.41, 5.74) is 13.5. The van der Waals surface area contributed by atoms with Crippen molar-refractivity contribution in [3.05, 3.63) is 108 Å². The molecule has 9 nitrogen and oxygen atoms in total. The summed E-state index contributed by atoms with van der Waals surface area (Å²) < 4.78 is 5.82. The third kappa shape index (κ3) is 7.46. The maximum absolute atomic E-state index is 13.4. The quantitative estimate of drug-likeness (QED) is 0.180. The number of Topliss-reactive ketones (excluding diaryl/α,β-unsaturated/α-hetero) is 1. The zero-order valence-corrected chi connectivity index (χ0v) is 21.3. The van der Waals surface area contributed by atoms with E-state index >= 15 is 0 Å². The molecule has 0 spiro atoms. The second-order valence-electron chi connectivity index (χ2n) is 8.73. The number of benzene rings is 3. The van der Waals surface area contributed by atoms with Gasteiger partial charge < -0.3 is 36.6 Å². The van der Waals surface area contributed by atoms with Gasteiger partial charge in [0.2, 0.25) is 0 Å². The smallest absolute Gasteiger partial charge is 0.324 e. The minimum atomic E-state index is -2.14. The zero-order valence-electron chi connectivity index (χ0n) is 20.5. The molecule has 0 bridgehead atoms. The van der Waals surface area contributed by atoms with E-state index in [2.05, 4.69) is 0 Å². The standard InChI is InChI=1S/C28H32N2O7.ClH/c29-20(16-31)23(32)25(34)26(35)24(33)21(17-10-4-1-5-11-17)22(30)28(36)37-27(18-12-6-2-7-13-18)19-14-8-3-9-15-19;/h1-15,20-23,25-27,31-32,34-35H,16,29-30H2;1H/t20-,21?,22-,23+,25+,26+;/m0./s1. The summed E-state index contributed by atoms with van der Waals surface area (Å²) in [6, 6.07) is 23.2. The van der Waals surface area contributed by atoms with Crippen LogP contribution in [0.1, 0.15) is 28.7 Å². The summed E-state index contributed by atoms with van der Waals surface area (Å²) in [6.07, 6.45) is -6.78. The average molecular weight is 545 g/mol. The summed E-state index contributed by atoms with van der Waals surface area (Å²) in [6.45, 7) is -0.687. The normalized spacial score (nSPS) is 15.9. The molecule has 204 valence electrons. The Labute approximate surface area is 227 Å². The molecule has 10 heteroatoms. The topological polar surface area (TPSA) is 176 Å². The Morgan fingerprint density at radius 1 is 0.711 bits per heavy atom. The number of aliphatic hydroxyl groups is 4. The SMILES string of the molecule is Cl.N[C@H](C(=O)OC(c1ccccc1)c1ccccc1)C(C(=O)[C@@H](O)[C@H](O)[C@H](O)[C@@H](N)CO)c1ccccc1. The van der Waals surface area contributed by atoms with E-state index in [1.807, 2.05) is 12.1 Å². The Morgan fingerprint density at radius 2 is 1.13 bits per heavy atom. The van der Waals surface area contributed by atoms with Crippen molar-refractivity contribution >= 4 is 24.2 Å². The molecular weight excluding hydrogens is 512 g/mol. The lowest BCUT2D eigenvalue weighted by Crippen LogP contribution is -2.54. The molecule has 38 heavy (non-hydrogen) atoms. The van der Waals surface area contributed by atoms with Crippen LogP contribution in [0, 0.1) is 0 Å². The Bertz CT molecular complexity index is 1100. The van der Waals surface area contributed by atoms with Crippen LogP contribution in [-0.2, 0) is 14.3 Å². The van der Waals surface area contributed by atoms with Gasteiger partial charge in [-0.05, 0) is 16.7 Å². The molecule has 0 aliphatic carbocycles. The molecule has 0 heterocycles. The minimum Gasteiger partial charge on any atom is -0.451 e. The Kier molecular flexibility index (Phi) is 12.0. The number of hydrogen-bond acceptors (Lipinski definition) is 9. The number of halogens is 1. The number of carbonyl (C=O) groups excluding carboxylic acids is 2. The molecule has 6 atom stereocenters. The van der Waals surface area contributed by atoms with Crippen LogP contribution in [0.3, 0.4) is 0 Å². The van der Waals surface area contributed by atoms with Gasteiger partial charge in [0.1, 0.15) is 24.4 Å². The van der Waals surface area contributed by atoms with E-state index < -0.39 is 60.8 Å². The molecule has 3 rings (SSSR count). The number of ether oxygens (including phenoxy) is 1. The highest BCUT2D eigenvalue weighted by molar-refractivity contribution is 5.95. The van der Waals surface area contributed by atoms with Crippen LogP contribution >= 0.6 is 12.4 Å². The van der Waals surface area contributed by atoms with E-state index in [4.69, 9.17) is 21.3 Å². The highest BCUT2D eigenvalue weighted by Crippen LogP contribution is 2.29. The van der Waals surface area contributed by atoms with Crippen molar-refractivity contribution in [2.24, 2.45) is 11.5 Å². The number of hydrogen-bond donors (Lipinski definition) is 6. The summed E-state index contributed by atoms with van der Waals surface area (Å²) in [7, 11) is 0. The van der Waals surface area contributed by atoms with Crippen molar-refractivity contribution in [3.63, 3.8) is 0 Å². The van der Waals surface area contributed by atoms with Crippen molar-refractivity contribution < 1.29 is 34.8 Å². The molecule has 0 fully saturated rings. The van der Waals surface area contributed by atoms with Gasteiger partial charge in [0.25, 0.3) is 0 Å². The second kappa shape index (κ2) is 14.7. The van der Waals surface area contributed by atoms with Gasteiger partial charge in [0.15, 0.2) is 11.9 Å². The third-order valence-corrected chi connectivity index (χ3v) is 6.15. The van der Waals surface area contributed by atoms with Crippen LogP contribution in [0.2, 0.25) is 0 Å². The average Bonchev–Trinajstić information content (AvgIpc) is 2.95. The van der Waals surface area contributed by atoms with Crippen LogP contribution < -0.4 is 11.5 Å². The molecule has 0 saturated heterocycles. The van der Waals surface area contributed by atoms with Gasteiger partial charge in [0.05, 0.1) is 18.6 Å². The first-order valence-electron chi connectivity index (χ1n) is 11.8. The fourth-order valence-corrected chi connectivity index (χ4v) is 4.02. The van der Waals surface area contributed by atoms with Crippen molar-refractivity contribution in [1.29, 1.82) is 0 Å². The lowest BCUT2D eigenvalue weighted by Gasteiger charge is -2.30. The Morgan fingerprint density at radius 3 is 1.55 bits per heavy atom. The second-order valence-corrected chi connectivity index (χ2v) is 8.73. The predicted octanol–water partition coefficient (Wildman–Crippen LogP) is 0.824. The fraction of sp³-hybridized carbons (Fsp3) is 0.286. The zero-order chi connectivity index (χ0) is 26.9. The van der Waals surface area contributed by atoms with Crippen LogP contribution in [0.25, 0.3) is 0 Å². The molecule has 0 aliphatic rings.